The molecule has 4 nitrogen and oxygen atoms in total. The smallest absolute Gasteiger partial charge is 0.191 e. The minimum absolute atomic E-state index is 0.0859. The molecule has 2 aromatic carbocycles. The van der Waals surface area contributed by atoms with Crippen molar-refractivity contribution in [2.24, 2.45) is 4.99 Å². The number of nitrogens with zero attached hydrogens (tertiary/aromatic N) is 1. The summed E-state index contributed by atoms with van der Waals surface area (Å²) in [5.74, 6) is 0.160. The summed E-state index contributed by atoms with van der Waals surface area (Å²) in [6.45, 7) is 2.07. The molecule has 0 aliphatic carbocycles. The van der Waals surface area contributed by atoms with Gasteiger partial charge in [0.2, 0.25) is 0 Å². The lowest BCUT2D eigenvalue weighted by Gasteiger charge is -2.19. The Hall–Kier alpha value is -1.82. The van der Waals surface area contributed by atoms with Crippen LogP contribution in [0.4, 0.5) is 4.39 Å². The van der Waals surface area contributed by atoms with Crippen LogP contribution in [-0.2, 0) is 13.2 Å². The Morgan fingerprint density at radius 1 is 1.24 bits per heavy atom. The summed E-state index contributed by atoms with van der Waals surface area (Å²) in [5.41, 5.74) is 2.01. The first-order chi connectivity index (χ1) is 11.9. The van der Waals surface area contributed by atoms with Crippen molar-refractivity contribution in [2.75, 3.05) is 7.05 Å². The standard InChI is InChI=1S/C18H20Cl2FN3O/c1-11(15-5-4-14(19)8-16(15)20)24-18(22-2)23-9-12-3-6-17(21)13(7-12)10-25/h3-8,11,25H,9-10H2,1-2H3,(H2,22,23,24). The highest BCUT2D eigenvalue weighted by Crippen LogP contribution is 2.26. The zero-order valence-corrected chi connectivity index (χ0v) is 15.5. The highest BCUT2D eigenvalue weighted by atomic mass is 35.5. The molecule has 0 spiro atoms. The molecule has 2 rings (SSSR count). The molecule has 25 heavy (non-hydrogen) atoms. The molecular formula is C18H20Cl2FN3O. The Kier molecular flexibility index (Phi) is 7.05. The SMILES string of the molecule is CN=C(NCc1ccc(F)c(CO)c1)NC(C)c1ccc(Cl)cc1Cl. The van der Waals surface area contributed by atoms with E-state index < -0.39 is 5.82 Å². The number of rotatable bonds is 5. The van der Waals surface area contributed by atoms with Crippen LogP contribution < -0.4 is 10.6 Å². The minimum Gasteiger partial charge on any atom is -0.392 e. The number of aliphatic imine (C=N–C) groups is 1. The van der Waals surface area contributed by atoms with Gasteiger partial charge in [-0.25, -0.2) is 4.39 Å². The highest BCUT2D eigenvalue weighted by Gasteiger charge is 2.12. The van der Waals surface area contributed by atoms with Crippen molar-refractivity contribution in [3.8, 4) is 0 Å². The number of aliphatic hydroxyl groups is 1. The first-order valence-corrected chi connectivity index (χ1v) is 8.50. The molecule has 0 fully saturated rings. The van der Waals surface area contributed by atoms with Gasteiger partial charge < -0.3 is 15.7 Å². The van der Waals surface area contributed by atoms with E-state index in [4.69, 9.17) is 28.3 Å². The molecule has 0 radical (unpaired) electrons. The number of hydrogen-bond donors (Lipinski definition) is 3. The van der Waals surface area contributed by atoms with Crippen LogP contribution in [0.5, 0.6) is 0 Å². The van der Waals surface area contributed by atoms with Gasteiger partial charge in [-0.05, 0) is 42.3 Å². The maximum Gasteiger partial charge on any atom is 0.191 e. The maximum atomic E-state index is 13.4. The van der Waals surface area contributed by atoms with Crippen molar-refractivity contribution in [3.63, 3.8) is 0 Å². The number of halogens is 3. The van der Waals surface area contributed by atoms with Crippen molar-refractivity contribution < 1.29 is 9.50 Å². The lowest BCUT2D eigenvalue weighted by Crippen LogP contribution is -2.38. The Balaban J connectivity index is 2.01. The van der Waals surface area contributed by atoms with Crippen molar-refractivity contribution in [1.82, 2.24) is 10.6 Å². The molecule has 0 aliphatic rings. The van der Waals surface area contributed by atoms with E-state index in [1.165, 1.54) is 6.07 Å². The topological polar surface area (TPSA) is 56.7 Å². The molecule has 2 aromatic rings. The fourth-order valence-corrected chi connectivity index (χ4v) is 2.95. The lowest BCUT2D eigenvalue weighted by atomic mass is 10.1. The molecular weight excluding hydrogens is 364 g/mol. The molecule has 0 bridgehead atoms. The molecule has 1 atom stereocenters. The molecule has 3 N–H and O–H groups in total. The normalized spacial score (nSPS) is 12.8. The molecule has 0 saturated carbocycles. The van der Waals surface area contributed by atoms with Gasteiger partial charge in [-0.3, -0.25) is 4.99 Å². The first kappa shape index (κ1) is 19.5. The zero-order valence-electron chi connectivity index (χ0n) is 14.0. The van der Waals surface area contributed by atoms with E-state index in [0.717, 1.165) is 11.1 Å². The van der Waals surface area contributed by atoms with Crippen LogP contribution in [-0.4, -0.2) is 18.1 Å². The van der Waals surface area contributed by atoms with Gasteiger partial charge in [-0.2, -0.15) is 0 Å². The van der Waals surface area contributed by atoms with Crippen LogP contribution in [0.25, 0.3) is 0 Å². The van der Waals surface area contributed by atoms with Crippen LogP contribution in [0.1, 0.15) is 29.7 Å². The fraction of sp³-hybridized carbons (Fsp3) is 0.278. The van der Waals surface area contributed by atoms with Crippen LogP contribution in [0.15, 0.2) is 41.4 Å². The zero-order chi connectivity index (χ0) is 18.4. The summed E-state index contributed by atoms with van der Waals surface area (Å²) in [6.07, 6.45) is 0. The third kappa shape index (κ3) is 5.33. The molecule has 134 valence electrons. The third-order valence-electron chi connectivity index (χ3n) is 3.75. The van der Waals surface area contributed by atoms with E-state index in [2.05, 4.69) is 15.6 Å². The molecule has 0 aliphatic heterocycles. The van der Waals surface area contributed by atoms with E-state index >= 15 is 0 Å². The van der Waals surface area contributed by atoms with Gasteiger partial charge in [0.25, 0.3) is 0 Å². The quantitative estimate of drug-likeness (QED) is 0.539. The van der Waals surface area contributed by atoms with Crippen molar-refractivity contribution in [1.29, 1.82) is 0 Å². The van der Waals surface area contributed by atoms with Crippen molar-refractivity contribution >= 4 is 29.2 Å². The summed E-state index contributed by atoms with van der Waals surface area (Å²) in [6, 6.07) is 9.88. The van der Waals surface area contributed by atoms with Crippen molar-refractivity contribution in [3.05, 3.63) is 69.0 Å². The van der Waals surface area contributed by atoms with E-state index in [0.29, 0.717) is 22.5 Å². The maximum absolute atomic E-state index is 13.4. The van der Waals surface area contributed by atoms with Crippen LogP contribution in [0, 0.1) is 5.82 Å². The summed E-state index contributed by atoms with van der Waals surface area (Å²) < 4.78 is 13.4. The number of aliphatic hydroxyl groups excluding tert-OH is 1. The first-order valence-electron chi connectivity index (χ1n) is 7.75. The molecule has 0 aromatic heterocycles. The molecule has 1 unspecified atom stereocenters. The largest absolute Gasteiger partial charge is 0.392 e. The van der Waals surface area contributed by atoms with Gasteiger partial charge in [0.15, 0.2) is 5.96 Å². The predicted octanol–water partition coefficient (Wildman–Crippen LogP) is 4.05. The monoisotopic (exact) mass is 383 g/mol. The Bertz CT molecular complexity index is 768. The van der Waals surface area contributed by atoms with Gasteiger partial charge in [0.1, 0.15) is 5.82 Å². The van der Waals surface area contributed by atoms with E-state index in [1.54, 1.807) is 31.3 Å². The summed E-state index contributed by atoms with van der Waals surface area (Å²) >= 11 is 12.2. The lowest BCUT2D eigenvalue weighted by molar-refractivity contribution is 0.275. The predicted molar refractivity (Wildman–Crippen MR) is 101 cm³/mol. The Labute approximate surface area is 156 Å². The number of nitrogens with one attached hydrogen (secondary N) is 2. The summed E-state index contributed by atoms with van der Waals surface area (Å²) in [4.78, 5) is 4.18. The van der Waals surface area contributed by atoms with Crippen LogP contribution in [0.2, 0.25) is 10.0 Å². The van der Waals surface area contributed by atoms with E-state index in [9.17, 15) is 4.39 Å². The van der Waals surface area contributed by atoms with Gasteiger partial charge in [0.05, 0.1) is 12.6 Å². The highest BCUT2D eigenvalue weighted by molar-refractivity contribution is 6.35. The average molecular weight is 384 g/mol. The minimum atomic E-state index is -0.417. The van der Waals surface area contributed by atoms with Crippen LogP contribution in [0.3, 0.4) is 0 Å². The molecule has 0 saturated heterocycles. The Morgan fingerprint density at radius 2 is 2.00 bits per heavy atom. The second-order valence-corrected chi connectivity index (χ2v) is 6.39. The van der Waals surface area contributed by atoms with Crippen LogP contribution >= 0.6 is 23.2 Å². The second kappa shape index (κ2) is 9.04. The van der Waals surface area contributed by atoms with Crippen molar-refractivity contribution in [2.45, 2.75) is 26.1 Å². The third-order valence-corrected chi connectivity index (χ3v) is 4.31. The van der Waals surface area contributed by atoms with Gasteiger partial charge in [-0.15, -0.1) is 0 Å². The Morgan fingerprint density at radius 3 is 2.64 bits per heavy atom. The van der Waals surface area contributed by atoms with E-state index in [-0.39, 0.29) is 18.2 Å². The second-order valence-electron chi connectivity index (χ2n) is 5.54. The summed E-state index contributed by atoms with van der Waals surface area (Å²) in [5, 5.41) is 16.7. The van der Waals surface area contributed by atoms with Gasteiger partial charge >= 0.3 is 0 Å². The number of benzene rings is 2. The molecule has 7 heteroatoms. The van der Waals surface area contributed by atoms with E-state index in [1.807, 2.05) is 13.0 Å². The molecule has 0 heterocycles. The number of hydrogen-bond acceptors (Lipinski definition) is 2. The summed E-state index contributed by atoms with van der Waals surface area (Å²) in [7, 11) is 1.66. The number of guanidine groups is 1. The molecule has 0 amide bonds. The van der Waals surface area contributed by atoms with Gasteiger partial charge in [-0.1, -0.05) is 35.3 Å². The fourth-order valence-electron chi connectivity index (χ4n) is 2.38. The van der Waals surface area contributed by atoms with Gasteiger partial charge in [0, 0.05) is 29.2 Å². The average Bonchev–Trinajstić information content (AvgIpc) is 2.59.